The molecule has 1 fully saturated rings. The summed E-state index contributed by atoms with van der Waals surface area (Å²) in [5.41, 5.74) is 0. The van der Waals surface area contributed by atoms with Crippen LogP contribution in [0.15, 0.2) is 16.1 Å². The maximum Gasteiger partial charge on any atom is 0.315 e. The summed E-state index contributed by atoms with van der Waals surface area (Å²) in [6.07, 6.45) is 4.21. The molecule has 124 valence electrons. The maximum atomic E-state index is 11.9. The van der Waals surface area contributed by atoms with Crippen molar-refractivity contribution in [3.8, 4) is 0 Å². The van der Waals surface area contributed by atoms with Gasteiger partial charge in [-0.15, -0.1) is 11.3 Å². The fourth-order valence-electron chi connectivity index (χ4n) is 2.55. The molecule has 2 N–H and O–H groups in total. The second kappa shape index (κ2) is 7.40. The van der Waals surface area contributed by atoms with E-state index in [2.05, 4.69) is 30.7 Å². The Hall–Kier alpha value is -2.16. The second-order valence-electron chi connectivity index (χ2n) is 5.46. The third-order valence-electron chi connectivity index (χ3n) is 3.71. The third kappa shape index (κ3) is 4.41. The lowest BCUT2D eigenvalue weighted by Crippen LogP contribution is -2.48. The molecule has 1 saturated heterocycles. The van der Waals surface area contributed by atoms with Gasteiger partial charge in [0.2, 0.25) is 5.89 Å². The van der Waals surface area contributed by atoms with Crippen LogP contribution in [0.2, 0.25) is 0 Å². The van der Waals surface area contributed by atoms with Crippen molar-refractivity contribution in [2.45, 2.75) is 32.2 Å². The van der Waals surface area contributed by atoms with Crippen LogP contribution in [0.5, 0.6) is 0 Å². The molecule has 0 aromatic carbocycles. The molecular weight excluding hydrogens is 316 g/mol. The molecule has 0 radical (unpaired) electrons. The minimum atomic E-state index is -0.145. The van der Waals surface area contributed by atoms with Crippen molar-refractivity contribution < 1.29 is 9.32 Å². The molecular formula is C14H20N6O2S. The summed E-state index contributed by atoms with van der Waals surface area (Å²) in [4.78, 5) is 22.6. The number of amides is 2. The van der Waals surface area contributed by atoms with Gasteiger partial charge in [-0.25, -0.2) is 9.78 Å². The summed E-state index contributed by atoms with van der Waals surface area (Å²) in [5.74, 6) is 1.15. The van der Waals surface area contributed by atoms with Gasteiger partial charge in [-0.3, -0.25) is 0 Å². The Kier molecular flexibility index (Phi) is 5.06. The van der Waals surface area contributed by atoms with Gasteiger partial charge in [0.1, 0.15) is 0 Å². The van der Waals surface area contributed by atoms with Crippen molar-refractivity contribution in [3.05, 3.63) is 23.3 Å². The van der Waals surface area contributed by atoms with Gasteiger partial charge in [-0.2, -0.15) is 4.98 Å². The van der Waals surface area contributed by atoms with E-state index >= 15 is 0 Å². The first kappa shape index (κ1) is 15.7. The van der Waals surface area contributed by atoms with Crippen LogP contribution < -0.4 is 15.5 Å². The monoisotopic (exact) mass is 336 g/mol. The summed E-state index contributed by atoms with van der Waals surface area (Å²) < 4.78 is 5.00. The molecule has 0 spiro atoms. The van der Waals surface area contributed by atoms with E-state index in [0.717, 1.165) is 31.1 Å². The van der Waals surface area contributed by atoms with Gasteiger partial charge in [0.15, 0.2) is 11.0 Å². The molecule has 0 unspecified atom stereocenters. The minimum absolute atomic E-state index is 0.145. The van der Waals surface area contributed by atoms with Crippen LogP contribution in [-0.2, 0) is 6.42 Å². The summed E-state index contributed by atoms with van der Waals surface area (Å²) in [5, 5.41) is 12.6. The summed E-state index contributed by atoms with van der Waals surface area (Å²) in [6.45, 7) is 4.08. The van der Waals surface area contributed by atoms with Gasteiger partial charge in [0, 0.05) is 43.7 Å². The molecule has 0 bridgehead atoms. The number of urea groups is 1. The van der Waals surface area contributed by atoms with E-state index in [1.54, 1.807) is 18.3 Å². The number of thiazole rings is 1. The highest BCUT2D eigenvalue weighted by Crippen LogP contribution is 2.21. The predicted octanol–water partition coefficient (Wildman–Crippen LogP) is 1.35. The fourth-order valence-corrected chi connectivity index (χ4v) is 3.24. The molecule has 3 rings (SSSR count). The molecule has 3 heterocycles. The van der Waals surface area contributed by atoms with Crippen LogP contribution in [0, 0.1) is 6.92 Å². The van der Waals surface area contributed by atoms with Gasteiger partial charge < -0.3 is 20.1 Å². The highest BCUT2D eigenvalue weighted by molar-refractivity contribution is 7.13. The molecule has 2 aromatic rings. The predicted molar refractivity (Wildman–Crippen MR) is 86.6 cm³/mol. The van der Waals surface area contributed by atoms with E-state index in [1.807, 2.05) is 11.6 Å². The van der Waals surface area contributed by atoms with E-state index < -0.39 is 0 Å². The number of anilines is 1. The number of carbonyl (C=O) groups is 1. The van der Waals surface area contributed by atoms with E-state index in [-0.39, 0.29) is 12.1 Å². The van der Waals surface area contributed by atoms with Crippen molar-refractivity contribution in [1.82, 2.24) is 25.8 Å². The Balaban J connectivity index is 1.34. The van der Waals surface area contributed by atoms with E-state index in [1.165, 1.54) is 0 Å². The first-order chi connectivity index (χ1) is 11.2. The summed E-state index contributed by atoms with van der Waals surface area (Å²) >= 11 is 1.65. The van der Waals surface area contributed by atoms with Crippen LogP contribution in [0.25, 0.3) is 0 Å². The highest BCUT2D eigenvalue weighted by Gasteiger charge is 2.21. The smallest absolute Gasteiger partial charge is 0.315 e. The first-order valence-electron chi connectivity index (χ1n) is 7.68. The molecule has 2 amide bonds. The van der Waals surface area contributed by atoms with E-state index in [9.17, 15) is 4.79 Å². The number of hydrogen-bond donors (Lipinski definition) is 2. The quantitative estimate of drug-likeness (QED) is 0.855. The average Bonchev–Trinajstić information content (AvgIpc) is 3.20. The number of nitrogens with one attached hydrogen (secondary N) is 2. The Bertz CT molecular complexity index is 621. The lowest BCUT2D eigenvalue weighted by molar-refractivity contribution is 0.234. The van der Waals surface area contributed by atoms with Crippen molar-refractivity contribution in [3.63, 3.8) is 0 Å². The van der Waals surface area contributed by atoms with Crippen LogP contribution >= 0.6 is 11.3 Å². The topological polar surface area (TPSA) is 96.2 Å². The molecule has 9 heteroatoms. The maximum absolute atomic E-state index is 11.9. The summed E-state index contributed by atoms with van der Waals surface area (Å²) in [6, 6.07) is 0.0609. The van der Waals surface area contributed by atoms with Gasteiger partial charge in [-0.1, -0.05) is 5.16 Å². The van der Waals surface area contributed by atoms with Crippen molar-refractivity contribution >= 4 is 22.5 Å². The molecule has 8 nitrogen and oxygen atoms in total. The molecule has 23 heavy (non-hydrogen) atoms. The number of piperidine rings is 1. The minimum Gasteiger partial charge on any atom is -0.348 e. The zero-order valence-corrected chi connectivity index (χ0v) is 13.8. The molecule has 2 aromatic heterocycles. The van der Waals surface area contributed by atoms with Crippen molar-refractivity contribution in [2.75, 3.05) is 24.5 Å². The van der Waals surface area contributed by atoms with Crippen LogP contribution in [0.3, 0.4) is 0 Å². The van der Waals surface area contributed by atoms with E-state index in [0.29, 0.717) is 24.7 Å². The number of rotatable bonds is 5. The van der Waals surface area contributed by atoms with Crippen molar-refractivity contribution in [2.24, 2.45) is 0 Å². The number of carbonyl (C=O) groups excluding carboxylic acids is 1. The van der Waals surface area contributed by atoms with Crippen molar-refractivity contribution in [1.29, 1.82) is 0 Å². The van der Waals surface area contributed by atoms with Crippen LogP contribution in [0.1, 0.15) is 24.6 Å². The van der Waals surface area contributed by atoms with Gasteiger partial charge in [0.25, 0.3) is 0 Å². The second-order valence-corrected chi connectivity index (χ2v) is 6.33. The lowest BCUT2D eigenvalue weighted by atomic mass is 10.1. The molecule has 0 atom stereocenters. The number of aromatic nitrogens is 3. The molecule has 0 saturated carbocycles. The Morgan fingerprint density at radius 3 is 2.96 bits per heavy atom. The third-order valence-corrected chi connectivity index (χ3v) is 4.55. The van der Waals surface area contributed by atoms with Gasteiger partial charge in [0.05, 0.1) is 0 Å². The van der Waals surface area contributed by atoms with Crippen LogP contribution in [-0.4, -0.2) is 46.8 Å². The Labute approximate surface area is 138 Å². The molecule has 1 aliphatic heterocycles. The SMILES string of the molecule is Cc1noc(CCNC(=O)NC2CCN(c3nccs3)CC2)n1. The van der Waals surface area contributed by atoms with E-state index in [4.69, 9.17) is 4.52 Å². The van der Waals surface area contributed by atoms with Gasteiger partial charge >= 0.3 is 6.03 Å². The van der Waals surface area contributed by atoms with Crippen LogP contribution in [0.4, 0.5) is 9.93 Å². The first-order valence-corrected chi connectivity index (χ1v) is 8.56. The largest absolute Gasteiger partial charge is 0.348 e. The fraction of sp³-hybridized carbons (Fsp3) is 0.571. The zero-order chi connectivity index (χ0) is 16.1. The lowest BCUT2D eigenvalue weighted by Gasteiger charge is -2.32. The molecule has 0 aliphatic carbocycles. The Morgan fingerprint density at radius 2 is 2.30 bits per heavy atom. The highest BCUT2D eigenvalue weighted by atomic mass is 32.1. The standard InChI is InChI=1S/C14H20N6O2S/c1-10-17-12(22-19-10)2-5-15-13(21)18-11-3-7-20(8-4-11)14-16-6-9-23-14/h6,9,11H,2-5,7-8H2,1H3,(H2,15,18,21). The average molecular weight is 336 g/mol. The number of nitrogens with zero attached hydrogens (tertiary/aromatic N) is 4. The molecule has 1 aliphatic rings. The normalized spacial score (nSPS) is 15.6. The van der Waals surface area contributed by atoms with Gasteiger partial charge in [-0.05, 0) is 19.8 Å². The zero-order valence-electron chi connectivity index (χ0n) is 13.0. The Morgan fingerprint density at radius 1 is 1.48 bits per heavy atom. The number of aryl methyl sites for hydroxylation is 1. The summed E-state index contributed by atoms with van der Waals surface area (Å²) in [7, 11) is 0. The number of hydrogen-bond acceptors (Lipinski definition) is 7.